The van der Waals surface area contributed by atoms with Crippen LogP contribution in [-0.2, 0) is 4.74 Å². The van der Waals surface area contributed by atoms with Gasteiger partial charge in [0.25, 0.3) is 5.91 Å². The van der Waals surface area contributed by atoms with E-state index in [2.05, 4.69) is 15.9 Å². The molecular weight excluding hydrogens is 345 g/mol. The van der Waals surface area contributed by atoms with Crippen molar-refractivity contribution in [2.75, 3.05) is 32.1 Å². The van der Waals surface area contributed by atoms with Gasteiger partial charge in [-0.25, -0.2) is 4.39 Å². The molecule has 3 nitrogen and oxygen atoms in total. The predicted molar refractivity (Wildman–Crippen MR) is 83.4 cm³/mol. The number of thiophene rings is 1. The van der Waals surface area contributed by atoms with E-state index in [1.807, 2.05) is 6.07 Å². The molecule has 0 fully saturated rings. The maximum atomic E-state index is 13.2. The number of hydrogen-bond donors (Lipinski definition) is 0. The zero-order valence-electron chi connectivity index (χ0n) is 11.1. The number of fused-ring (bicyclic) bond motifs is 1. The molecule has 20 heavy (non-hydrogen) atoms. The van der Waals surface area contributed by atoms with Crippen LogP contribution in [0.2, 0.25) is 0 Å². The van der Waals surface area contributed by atoms with Crippen LogP contribution in [0.4, 0.5) is 4.39 Å². The summed E-state index contributed by atoms with van der Waals surface area (Å²) in [6, 6.07) is 6.38. The molecule has 1 amide bonds. The van der Waals surface area contributed by atoms with Gasteiger partial charge in [0.05, 0.1) is 11.5 Å². The summed E-state index contributed by atoms with van der Waals surface area (Å²) in [4.78, 5) is 14.8. The average Bonchev–Trinajstić information content (AvgIpc) is 2.85. The fraction of sp³-hybridized carbons (Fsp3) is 0.357. The molecule has 108 valence electrons. The van der Waals surface area contributed by atoms with Crippen LogP contribution < -0.4 is 0 Å². The highest BCUT2D eigenvalue weighted by atomic mass is 79.9. The van der Waals surface area contributed by atoms with Crippen LogP contribution in [0.15, 0.2) is 24.3 Å². The van der Waals surface area contributed by atoms with E-state index < -0.39 is 0 Å². The van der Waals surface area contributed by atoms with Crippen molar-refractivity contribution in [1.29, 1.82) is 0 Å². The molecule has 2 aromatic rings. The molecule has 1 aromatic carbocycles. The first-order chi connectivity index (χ1) is 9.65. The lowest BCUT2D eigenvalue weighted by atomic mass is 10.2. The second kappa shape index (κ2) is 7.15. The number of carbonyl (C=O) groups is 1. The van der Waals surface area contributed by atoms with Crippen LogP contribution in [0, 0.1) is 5.82 Å². The summed E-state index contributed by atoms with van der Waals surface area (Å²) < 4.78 is 19.0. The van der Waals surface area contributed by atoms with E-state index in [1.54, 1.807) is 18.1 Å². The molecule has 0 saturated heterocycles. The number of ether oxygens (including phenoxy) is 1. The summed E-state index contributed by atoms with van der Waals surface area (Å²) in [5.41, 5.74) is 0. The van der Waals surface area contributed by atoms with Crippen molar-refractivity contribution in [1.82, 2.24) is 4.90 Å². The summed E-state index contributed by atoms with van der Waals surface area (Å²) in [7, 11) is 1.61. The first-order valence-corrected chi connectivity index (χ1v) is 8.12. The van der Waals surface area contributed by atoms with Crippen molar-refractivity contribution < 1.29 is 13.9 Å². The molecule has 0 aliphatic rings. The number of benzene rings is 1. The van der Waals surface area contributed by atoms with Gasteiger partial charge in [0, 0.05) is 30.2 Å². The maximum Gasteiger partial charge on any atom is 0.264 e. The summed E-state index contributed by atoms with van der Waals surface area (Å²) in [5, 5.41) is 1.60. The van der Waals surface area contributed by atoms with Crippen LogP contribution in [-0.4, -0.2) is 42.9 Å². The molecule has 1 aromatic heterocycles. The minimum atomic E-state index is -0.282. The number of methoxy groups -OCH3 is 1. The van der Waals surface area contributed by atoms with E-state index >= 15 is 0 Å². The third-order valence-electron chi connectivity index (χ3n) is 2.90. The molecule has 6 heteroatoms. The smallest absolute Gasteiger partial charge is 0.264 e. The van der Waals surface area contributed by atoms with Crippen LogP contribution in [0.25, 0.3) is 10.1 Å². The van der Waals surface area contributed by atoms with Crippen molar-refractivity contribution in [3.8, 4) is 0 Å². The fourth-order valence-electron chi connectivity index (χ4n) is 1.88. The van der Waals surface area contributed by atoms with Crippen molar-refractivity contribution >= 4 is 43.3 Å². The number of halogens is 2. The summed E-state index contributed by atoms with van der Waals surface area (Å²) >= 11 is 4.67. The predicted octanol–water partition coefficient (Wildman–Crippen LogP) is 3.52. The SMILES string of the molecule is COCCN(CCBr)C(=O)c1cc2ccc(F)cc2s1. The summed E-state index contributed by atoms with van der Waals surface area (Å²) in [6.45, 7) is 1.66. The number of carbonyl (C=O) groups excluding carboxylic acids is 1. The Labute approximate surface area is 129 Å². The fourth-order valence-corrected chi connectivity index (χ4v) is 3.37. The van der Waals surface area contributed by atoms with Crippen molar-refractivity contribution in [3.63, 3.8) is 0 Å². The van der Waals surface area contributed by atoms with Crippen LogP contribution >= 0.6 is 27.3 Å². The number of nitrogens with zero attached hydrogens (tertiary/aromatic N) is 1. The van der Waals surface area contributed by atoms with E-state index in [1.165, 1.54) is 23.5 Å². The molecular formula is C14H15BrFNO2S. The molecule has 0 saturated carbocycles. The quantitative estimate of drug-likeness (QED) is 0.738. The molecule has 0 unspecified atom stereocenters. The highest BCUT2D eigenvalue weighted by Gasteiger charge is 2.17. The van der Waals surface area contributed by atoms with Gasteiger partial charge in [0.15, 0.2) is 0 Å². The Balaban J connectivity index is 2.23. The van der Waals surface area contributed by atoms with Gasteiger partial charge in [-0.05, 0) is 23.6 Å². The Hall–Kier alpha value is -0.980. The zero-order chi connectivity index (χ0) is 14.5. The Morgan fingerprint density at radius 1 is 1.40 bits per heavy atom. The van der Waals surface area contributed by atoms with Gasteiger partial charge in [0.2, 0.25) is 0 Å². The molecule has 2 rings (SSSR count). The van der Waals surface area contributed by atoms with E-state index in [0.29, 0.717) is 29.9 Å². The molecule has 0 atom stereocenters. The number of rotatable bonds is 6. The third kappa shape index (κ3) is 3.56. The minimum Gasteiger partial charge on any atom is -0.383 e. The van der Waals surface area contributed by atoms with E-state index in [-0.39, 0.29) is 11.7 Å². The van der Waals surface area contributed by atoms with Gasteiger partial charge >= 0.3 is 0 Å². The van der Waals surface area contributed by atoms with Crippen molar-refractivity contribution in [2.24, 2.45) is 0 Å². The normalized spacial score (nSPS) is 10.9. The average molecular weight is 360 g/mol. The second-order valence-corrected chi connectivity index (χ2v) is 6.14. The van der Waals surface area contributed by atoms with Gasteiger partial charge in [-0.1, -0.05) is 22.0 Å². The highest BCUT2D eigenvalue weighted by molar-refractivity contribution is 9.09. The number of amides is 1. The Bertz CT molecular complexity index is 602. The second-order valence-electron chi connectivity index (χ2n) is 4.27. The molecule has 0 N–H and O–H groups in total. The van der Waals surface area contributed by atoms with Crippen LogP contribution in [0.1, 0.15) is 9.67 Å². The lowest BCUT2D eigenvalue weighted by molar-refractivity contribution is 0.0713. The maximum absolute atomic E-state index is 13.2. The molecule has 0 radical (unpaired) electrons. The van der Waals surface area contributed by atoms with Crippen LogP contribution in [0.3, 0.4) is 0 Å². The van der Waals surface area contributed by atoms with Gasteiger partial charge in [0.1, 0.15) is 5.82 Å². The number of hydrogen-bond acceptors (Lipinski definition) is 3. The lowest BCUT2D eigenvalue weighted by Gasteiger charge is -2.20. The monoisotopic (exact) mass is 359 g/mol. The molecule has 0 aliphatic carbocycles. The summed E-state index contributed by atoms with van der Waals surface area (Å²) in [5.74, 6) is -0.321. The van der Waals surface area contributed by atoms with Gasteiger partial charge < -0.3 is 9.64 Å². The van der Waals surface area contributed by atoms with E-state index in [9.17, 15) is 9.18 Å². The Morgan fingerprint density at radius 3 is 2.90 bits per heavy atom. The number of alkyl halides is 1. The van der Waals surface area contributed by atoms with Crippen molar-refractivity contribution in [2.45, 2.75) is 0 Å². The standard InChI is InChI=1S/C14H15BrFNO2S/c1-19-7-6-17(5-4-15)14(18)13-8-10-2-3-11(16)9-12(10)20-13/h2-3,8-9H,4-7H2,1H3. The lowest BCUT2D eigenvalue weighted by Crippen LogP contribution is -2.34. The van der Waals surface area contributed by atoms with Crippen LogP contribution in [0.5, 0.6) is 0 Å². The van der Waals surface area contributed by atoms with Gasteiger partial charge in [-0.3, -0.25) is 4.79 Å². The minimum absolute atomic E-state index is 0.0388. The Morgan fingerprint density at radius 2 is 2.20 bits per heavy atom. The molecule has 0 spiro atoms. The summed E-state index contributed by atoms with van der Waals surface area (Å²) in [6.07, 6.45) is 0. The Kier molecular flexibility index (Phi) is 5.51. The topological polar surface area (TPSA) is 29.5 Å². The van der Waals surface area contributed by atoms with E-state index in [0.717, 1.165) is 10.1 Å². The molecule has 0 bridgehead atoms. The molecule has 0 aliphatic heterocycles. The van der Waals surface area contributed by atoms with Crippen molar-refractivity contribution in [3.05, 3.63) is 35.0 Å². The zero-order valence-corrected chi connectivity index (χ0v) is 13.5. The third-order valence-corrected chi connectivity index (χ3v) is 4.34. The first kappa shape index (κ1) is 15.4. The highest BCUT2D eigenvalue weighted by Crippen LogP contribution is 2.27. The van der Waals surface area contributed by atoms with Gasteiger partial charge in [-0.15, -0.1) is 11.3 Å². The molecule has 1 heterocycles. The first-order valence-electron chi connectivity index (χ1n) is 6.19. The largest absolute Gasteiger partial charge is 0.383 e. The van der Waals surface area contributed by atoms with Gasteiger partial charge in [-0.2, -0.15) is 0 Å². The van der Waals surface area contributed by atoms with E-state index in [4.69, 9.17) is 4.74 Å².